The Bertz CT molecular complexity index is 709. The molecule has 0 N–H and O–H groups in total. The van der Waals surface area contributed by atoms with E-state index in [1.54, 1.807) is 0 Å². The fourth-order valence-corrected chi connectivity index (χ4v) is 3.45. The number of furan rings is 1. The summed E-state index contributed by atoms with van der Waals surface area (Å²) in [7, 11) is 0. The first-order valence-electron chi connectivity index (χ1n) is 8.23. The van der Waals surface area contributed by atoms with E-state index in [0.717, 1.165) is 42.5 Å². The third-order valence-corrected chi connectivity index (χ3v) is 4.74. The van der Waals surface area contributed by atoms with Crippen LogP contribution in [0.2, 0.25) is 0 Å². The van der Waals surface area contributed by atoms with E-state index in [1.165, 1.54) is 0 Å². The van der Waals surface area contributed by atoms with Crippen LogP contribution in [0.1, 0.15) is 29.0 Å². The fourth-order valence-electron chi connectivity index (χ4n) is 3.45. The maximum atomic E-state index is 12.7. The number of likely N-dealkylation sites (tertiary alicyclic amines) is 1. The smallest absolute Gasteiger partial charge is 0.289 e. The van der Waals surface area contributed by atoms with Crippen LogP contribution in [0.4, 0.5) is 0 Å². The van der Waals surface area contributed by atoms with Gasteiger partial charge in [-0.05, 0) is 38.0 Å². The quantitative estimate of drug-likeness (QED) is 0.855. The van der Waals surface area contributed by atoms with Gasteiger partial charge in [-0.15, -0.1) is 0 Å². The minimum Gasteiger partial charge on any atom is -0.451 e. The second kappa shape index (κ2) is 5.98. The van der Waals surface area contributed by atoms with Crippen LogP contribution in [0.25, 0.3) is 11.0 Å². The van der Waals surface area contributed by atoms with E-state index >= 15 is 0 Å². The molecule has 2 aromatic rings. The van der Waals surface area contributed by atoms with Crippen molar-refractivity contribution in [3.8, 4) is 0 Å². The minimum absolute atomic E-state index is 0.0226. The molecule has 1 amide bonds. The Hall–Kier alpha value is -1.85. The van der Waals surface area contributed by atoms with E-state index in [1.807, 2.05) is 36.1 Å². The Balaban J connectivity index is 1.44. The third-order valence-electron chi connectivity index (χ3n) is 4.74. The Labute approximate surface area is 135 Å². The molecule has 5 heteroatoms. The summed E-state index contributed by atoms with van der Waals surface area (Å²) >= 11 is 0. The average Bonchev–Trinajstić information content (AvgIpc) is 3.23. The molecule has 0 atom stereocenters. The van der Waals surface area contributed by atoms with Crippen LogP contribution in [-0.2, 0) is 9.47 Å². The number of carbonyl (C=O) groups is 1. The first kappa shape index (κ1) is 14.7. The number of hydrogen-bond donors (Lipinski definition) is 0. The summed E-state index contributed by atoms with van der Waals surface area (Å²) in [5.41, 5.74) is 1.93. The zero-order chi connectivity index (χ0) is 15.8. The summed E-state index contributed by atoms with van der Waals surface area (Å²) in [6, 6.07) is 7.80. The highest BCUT2D eigenvalue weighted by Crippen LogP contribution is 2.28. The molecule has 4 rings (SSSR count). The molecule has 0 aliphatic carbocycles. The molecular formula is C18H21NO4. The van der Waals surface area contributed by atoms with E-state index < -0.39 is 0 Å². The lowest BCUT2D eigenvalue weighted by molar-refractivity contribution is -0.0956. The van der Waals surface area contributed by atoms with Gasteiger partial charge in [-0.3, -0.25) is 4.79 Å². The highest BCUT2D eigenvalue weighted by atomic mass is 16.7. The lowest BCUT2D eigenvalue weighted by Gasteiger charge is -2.33. The predicted octanol–water partition coefficient (Wildman–Crippen LogP) is 2.97. The molecule has 0 saturated carbocycles. The maximum Gasteiger partial charge on any atom is 0.289 e. The van der Waals surface area contributed by atoms with Crippen molar-refractivity contribution in [1.29, 1.82) is 0 Å². The van der Waals surface area contributed by atoms with Crippen LogP contribution in [0, 0.1) is 12.8 Å². The van der Waals surface area contributed by atoms with Crippen molar-refractivity contribution in [3.05, 3.63) is 35.6 Å². The predicted molar refractivity (Wildman–Crippen MR) is 85.3 cm³/mol. The second-order valence-electron chi connectivity index (χ2n) is 6.39. The normalized spacial score (nSPS) is 20.5. The van der Waals surface area contributed by atoms with Gasteiger partial charge < -0.3 is 18.8 Å². The molecule has 5 nitrogen and oxygen atoms in total. The van der Waals surface area contributed by atoms with E-state index in [4.69, 9.17) is 13.9 Å². The molecule has 1 aromatic carbocycles. The Kier molecular flexibility index (Phi) is 3.83. The van der Waals surface area contributed by atoms with Gasteiger partial charge in [0.1, 0.15) is 5.58 Å². The highest BCUT2D eigenvalue weighted by Gasteiger charge is 2.32. The van der Waals surface area contributed by atoms with Crippen molar-refractivity contribution >= 4 is 16.9 Å². The SMILES string of the molecule is Cc1ccc2oc(C(=O)N3CCC(C4OCCO4)CC3)cc2c1. The largest absolute Gasteiger partial charge is 0.451 e. The number of benzene rings is 1. The van der Waals surface area contributed by atoms with Gasteiger partial charge in [-0.2, -0.15) is 0 Å². The van der Waals surface area contributed by atoms with Gasteiger partial charge >= 0.3 is 0 Å². The zero-order valence-electron chi connectivity index (χ0n) is 13.3. The van der Waals surface area contributed by atoms with E-state index in [-0.39, 0.29) is 12.2 Å². The molecule has 2 aliphatic heterocycles. The number of piperidine rings is 1. The van der Waals surface area contributed by atoms with Crippen molar-refractivity contribution in [2.24, 2.45) is 5.92 Å². The van der Waals surface area contributed by atoms with Gasteiger partial charge in [0.25, 0.3) is 5.91 Å². The van der Waals surface area contributed by atoms with Gasteiger partial charge in [-0.25, -0.2) is 0 Å². The summed E-state index contributed by atoms with van der Waals surface area (Å²) in [5.74, 6) is 0.794. The van der Waals surface area contributed by atoms with Crippen LogP contribution in [0.5, 0.6) is 0 Å². The third kappa shape index (κ3) is 2.86. The number of hydrogen-bond acceptors (Lipinski definition) is 4. The van der Waals surface area contributed by atoms with Crippen LogP contribution in [0.15, 0.2) is 28.7 Å². The molecule has 1 aromatic heterocycles. The first-order valence-corrected chi connectivity index (χ1v) is 8.23. The summed E-state index contributed by atoms with van der Waals surface area (Å²) in [4.78, 5) is 14.5. The van der Waals surface area contributed by atoms with Crippen LogP contribution < -0.4 is 0 Å². The standard InChI is InChI=1S/C18H21NO4/c1-12-2-3-15-14(10-12)11-16(23-15)17(20)19-6-4-13(5-7-19)18-21-8-9-22-18/h2-3,10-11,13,18H,4-9H2,1H3. The topological polar surface area (TPSA) is 51.9 Å². The van der Waals surface area contributed by atoms with Gasteiger partial charge in [-0.1, -0.05) is 11.6 Å². The van der Waals surface area contributed by atoms with Crippen molar-refractivity contribution in [3.63, 3.8) is 0 Å². The molecule has 0 spiro atoms. The average molecular weight is 315 g/mol. The lowest BCUT2D eigenvalue weighted by Crippen LogP contribution is -2.41. The Morgan fingerprint density at radius 1 is 1.13 bits per heavy atom. The minimum atomic E-state index is -0.0820. The molecule has 2 saturated heterocycles. The summed E-state index contributed by atoms with van der Waals surface area (Å²) in [6.45, 7) is 4.85. The number of carbonyl (C=O) groups excluding carboxylic acids is 1. The maximum absolute atomic E-state index is 12.7. The molecule has 122 valence electrons. The van der Waals surface area contributed by atoms with Crippen molar-refractivity contribution in [1.82, 2.24) is 4.90 Å². The van der Waals surface area contributed by atoms with E-state index in [0.29, 0.717) is 24.9 Å². The van der Waals surface area contributed by atoms with Crippen LogP contribution in [-0.4, -0.2) is 43.4 Å². The number of rotatable bonds is 2. The van der Waals surface area contributed by atoms with Crippen molar-refractivity contribution < 1.29 is 18.7 Å². The number of aryl methyl sites for hydroxylation is 1. The van der Waals surface area contributed by atoms with Crippen molar-refractivity contribution in [2.75, 3.05) is 26.3 Å². The summed E-state index contributed by atoms with van der Waals surface area (Å²) in [6.07, 6.45) is 1.74. The van der Waals surface area contributed by atoms with Crippen LogP contribution >= 0.6 is 0 Å². The monoisotopic (exact) mass is 315 g/mol. The van der Waals surface area contributed by atoms with Gasteiger partial charge in [0.05, 0.1) is 13.2 Å². The van der Waals surface area contributed by atoms with Gasteiger partial charge in [0.15, 0.2) is 12.1 Å². The number of nitrogens with zero attached hydrogens (tertiary/aromatic N) is 1. The molecule has 0 unspecified atom stereocenters. The summed E-state index contributed by atoms with van der Waals surface area (Å²) in [5, 5.41) is 0.982. The van der Waals surface area contributed by atoms with Crippen LogP contribution in [0.3, 0.4) is 0 Å². The number of fused-ring (bicyclic) bond motifs is 1. The van der Waals surface area contributed by atoms with Crippen molar-refractivity contribution in [2.45, 2.75) is 26.1 Å². The molecule has 2 aliphatic rings. The molecule has 2 fully saturated rings. The van der Waals surface area contributed by atoms with E-state index in [2.05, 4.69) is 0 Å². The van der Waals surface area contributed by atoms with Gasteiger partial charge in [0, 0.05) is 24.4 Å². The molecule has 0 radical (unpaired) electrons. The summed E-state index contributed by atoms with van der Waals surface area (Å²) < 4.78 is 16.9. The molecular weight excluding hydrogens is 294 g/mol. The zero-order valence-corrected chi connectivity index (χ0v) is 13.3. The molecule has 23 heavy (non-hydrogen) atoms. The highest BCUT2D eigenvalue weighted by molar-refractivity contribution is 5.96. The van der Waals surface area contributed by atoms with Gasteiger partial charge in [0.2, 0.25) is 0 Å². The first-order chi connectivity index (χ1) is 11.2. The molecule has 3 heterocycles. The fraction of sp³-hybridized carbons (Fsp3) is 0.500. The second-order valence-corrected chi connectivity index (χ2v) is 6.39. The lowest BCUT2D eigenvalue weighted by atomic mass is 9.96. The van der Waals surface area contributed by atoms with E-state index in [9.17, 15) is 4.79 Å². The number of ether oxygens (including phenoxy) is 2. The Morgan fingerprint density at radius 3 is 2.61 bits per heavy atom. The number of amides is 1. The Morgan fingerprint density at radius 2 is 1.87 bits per heavy atom. The molecule has 0 bridgehead atoms.